The maximum atomic E-state index is 3.41. The van der Waals surface area contributed by atoms with Crippen LogP contribution >= 0.6 is 15.9 Å². The summed E-state index contributed by atoms with van der Waals surface area (Å²) in [5.41, 5.74) is 3.02. The van der Waals surface area contributed by atoms with Crippen LogP contribution in [-0.4, -0.2) is 5.33 Å². The summed E-state index contributed by atoms with van der Waals surface area (Å²) in [6.07, 6.45) is 9.55. The first-order valence-electron chi connectivity index (χ1n) is 5.08. The Kier molecular flexibility index (Phi) is 8.53. The quantitative estimate of drug-likeness (QED) is 0.356. The lowest BCUT2D eigenvalue weighted by molar-refractivity contribution is 0.823. The molecule has 0 aromatic carbocycles. The van der Waals surface area contributed by atoms with Crippen molar-refractivity contribution in [2.24, 2.45) is 0 Å². The van der Waals surface area contributed by atoms with Crippen LogP contribution in [0.1, 0.15) is 46.5 Å². The summed E-state index contributed by atoms with van der Waals surface area (Å²) in [4.78, 5) is 0. The highest BCUT2D eigenvalue weighted by Gasteiger charge is 1.89. The molecular formula is C12H21Br. The molecular weight excluding hydrogens is 224 g/mol. The fourth-order valence-corrected chi connectivity index (χ4v) is 1.66. The van der Waals surface area contributed by atoms with Gasteiger partial charge in [0.15, 0.2) is 0 Å². The Morgan fingerprint density at radius 1 is 1.15 bits per heavy atom. The number of halogens is 1. The molecule has 0 nitrogen and oxygen atoms in total. The lowest BCUT2D eigenvalue weighted by Gasteiger charge is -1.99. The summed E-state index contributed by atoms with van der Waals surface area (Å²) in [6.45, 7) is 6.63. The Hall–Kier alpha value is -0.0400. The molecule has 0 aromatic rings. The summed E-state index contributed by atoms with van der Waals surface area (Å²) in [5, 5.41) is 0.989. The molecule has 0 amide bonds. The third-order valence-corrected chi connectivity index (χ3v) is 2.58. The van der Waals surface area contributed by atoms with Crippen LogP contribution < -0.4 is 0 Å². The molecule has 13 heavy (non-hydrogen) atoms. The Morgan fingerprint density at radius 2 is 1.85 bits per heavy atom. The summed E-state index contributed by atoms with van der Waals surface area (Å²) in [7, 11) is 0. The molecule has 0 saturated heterocycles. The highest BCUT2D eigenvalue weighted by molar-refractivity contribution is 9.09. The van der Waals surface area contributed by atoms with Crippen LogP contribution in [0.2, 0.25) is 0 Å². The van der Waals surface area contributed by atoms with E-state index < -0.39 is 0 Å². The molecule has 0 aliphatic heterocycles. The summed E-state index contributed by atoms with van der Waals surface area (Å²) < 4.78 is 0. The van der Waals surface area contributed by atoms with Crippen LogP contribution in [0.15, 0.2) is 23.3 Å². The third-order valence-electron chi connectivity index (χ3n) is 2.25. The largest absolute Gasteiger partial charge is 0.0883 e. The predicted octanol–water partition coefficient (Wildman–Crippen LogP) is 4.85. The molecule has 0 aliphatic rings. The Morgan fingerprint density at radius 3 is 2.38 bits per heavy atom. The van der Waals surface area contributed by atoms with Crippen LogP contribution in [0.3, 0.4) is 0 Å². The van der Waals surface area contributed by atoms with E-state index in [-0.39, 0.29) is 0 Å². The third kappa shape index (κ3) is 8.29. The zero-order valence-corrected chi connectivity index (χ0v) is 10.7. The van der Waals surface area contributed by atoms with E-state index in [2.05, 4.69) is 48.9 Å². The van der Waals surface area contributed by atoms with Gasteiger partial charge in [0.25, 0.3) is 0 Å². The minimum Gasteiger partial charge on any atom is -0.0883 e. The van der Waals surface area contributed by atoms with E-state index in [1.807, 2.05) is 0 Å². The monoisotopic (exact) mass is 244 g/mol. The van der Waals surface area contributed by atoms with E-state index in [1.165, 1.54) is 36.8 Å². The van der Waals surface area contributed by atoms with Gasteiger partial charge in [-0.2, -0.15) is 0 Å². The summed E-state index contributed by atoms with van der Waals surface area (Å²) in [6, 6.07) is 0. The van der Waals surface area contributed by atoms with Crippen LogP contribution in [0.25, 0.3) is 0 Å². The average molecular weight is 245 g/mol. The van der Waals surface area contributed by atoms with E-state index in [9.17, 15) is 0 Å². The number of hydrogen-bond acceptors (Lipinski definition) is 0. The Bertz CT molecular complexity index is 178. The SMILES string of the molecule is CCC(C)=CCCCC(C)=CCBr. The van der Waals surface area contributed by atoms with E-state index >= 15 is 0 Å². The maximum Gasteiger partial charge on any atom is 0.0214 e. The number of alkyl halides is 1. The topological polar surface area (TPSA) is 0 Å². The van der Waals surface area contributed by atoms with Crippen LogP contribution in [0.5, 0.6) is 0 Å². The Balaban J connectivity index is 3.51. The molecule has 0 saturated carbocycles. The second kappa shape index (κ2) is 8.55. The molecule has 0 aliphatic carbocycles. The molecule has 0 aromatic heterocycles. The highest BCUT2D eigenvalue weighted by Crippen LogP contribution is 2.09. The fourth-order valence-electron chi connectivity index (χ4n) is 1.11. The minimum absolute atomic E-state index is 0.989. The van der Waals surface area contributed by atoms with Gasteiger partial charge in [0.05, 0.1) is 0 Å². The molecule has 0 heterocycles. The molecule has 0 N–H and O–H groups in total. The van der Waals surface area contributed by atoms with Gasteiger partial charge >= 0.3 is 0 Å². The zero-order valence-electron chi connectivity index (χ0n) is 9.07. The van der Waals surface area contributed by atoms with Gasteiger partial charge in [-0.3, -0.25) is 0 Å². The van der Waals surface area contributed by atoms with E-state index in [0.717, 1.165) is 5.33 Å². The molecule has 0 fully saturated rings. The second-order valence-corrected chi connectivity index (χ2v) is 4.15. The van der Waals surface area contributed by atoms with Crippen LogP contribution in [0, 0.1) is 0 Å². The second-order valence-electron chi connectivity index (χ2n) is 3.50. The average Bonchev–Trinajstić information content (AvgIpc) is 2.12. The van der Waals surface area contributed by atoms with Gasteiger partial charge in [0.1, 0.15) is 0 Å². The van der Waals surface area contributed by atoms with Crippen molar-refractivity contribution in [3.63, 3.8) is 0 Å². The van der Waals surface area contributed by atoms with E-state index in [1.54, 1.807) is 0 Å². The molecule has 0 unspecified atom stereocenters. The van der Waals surface area contributed by atoms with Crippen molar-refractivity contribution < 1.29 is 0 Å². The van der Waals surface area contributed by atoms with Crippen LogP contribution in [-0.2, 0) is 0 Å². The molecule has 0 radical (unpaired) electrons. The maximum absolute atomic E-state index is 3.41. The molecule has 0 atom stereocenters. The number of unbranched alkanes of at least 4 members (excludes halogenated alkanes) is 1. The van der Waals surface area contributed by atoms with E-state index in [4.69, 9.17) is 0 Å². The van der Waals surface area contributed by atoms with Gasteiger partial charge in [-0.05, 0) is 39.5 Å². The van der Waals surface area contributed by atoms with Gasteiger partial charge in [-0.25, -0.2) is 0 Å². The lowest BCUT2D eigenvalue weighted by atomic mass is 10.1. The van der Waals surface area contributed by atoms with Gasteiger partial charge in [-0.15, -0.1) is 0 Å². The van der Waals surface area contributed by atoms with Crippen molar-refractivity contribution in [1.82, 2.24) is 0 Å². The smallest absolute Gasteiger partial charge is 0.0214 e. The molecule has 0 rings (SSSR count). The van der Waals surface area contributed by atoms with Gasteiger partial charge < -0.3 is 0 Å². The van der Waals surface area contributed by atoms with Gasteiger partial charge in [-0.1, -0.05) is 46.2 Å². The molecule has 0 spiro atoms. The number of allylic oxidation sites excluding steroid dienone is 4. The number of hydrogen-bond donors (Lipinski definition) is 0. The first-order valence-corrected chi connectivity index (χ1v) is 6.20. The number of rotatable bonds is 6. The lowest BCUT2D eigenvalue weighted by Crippen LogP contribution is -1.80. The summed E-state index contributed by atoms with van der Waals surface area (Å²) in [5.74, 6) is 0. The minimum atomic E-state index is 0.989. The normalized spacial score (nSPS) is 13.5. The zero-order chi connectivity index (χ0) is 10.1. The highest BCUT2D eigenvalue weighted by atomic mass is 79.9. The molecule has 1 heteroatoms. The standard InChI is InChI=1S/C12H21Br/c1-4-11(2)7-5-6-8-12(3)9-10-13/h7,9H,4-6,8,10H2,1-3H3. The first-order chi connectivity index (χ1) is 6.20. The first kappa shape index (κ1) is 13.0. The molecule has 0 bridgehead atoms. The van der Waals surface area contributed by atoms with Crippen molar-refractivity contribution in [1.29, 1.82) is 0 Å². The van der Waals surface area contributed by atoms with Crippen molar-refractivity contribution in [2.75, 3.05) is 5.33 Å². The molecule has 76 valence electrons. The van der Waals surface area contributed by atoms with Gasteiger partial charge in [0.2, 0.25) is 0 Å². The van der Waals surface area contributed by atoms with Crippen molar-refractivity contribution in [3.05, 3.63) is 23.3 Å². The Labute approximate surface area is 91.2 Å². The van der Waals surface area contributed by atoms with Gasteiger partial charge in [0, 0.05) is 5.33 Å². The van der Waals surface area contributed by atoms with Crippen molar-refractivity contribution >= 4 is 15.9 Å². The predicted molar refractivity (Wildman–Crippen MR) is 65.5 cm³/mol. The van der Waals surface area contributed by atoms with Crippen molar-refractivity contribution in [2.45, 2.75) is 46.5 Å². The fraction of sp³-hybridized carbons (Fsp3) is 0.667. The summed E-state index contributed by atoms with van der Waals surface area (Å²) >= 11 is 3.41. The van der Waals surface area contributed by atoms with Crippen LogP contribution in [0.4, 0.5) is 0 Å². The van der Waals surface area contributed by atoms with E-state index in [0.29, 0.717) is 0 Å². The van der Waals surface area contributed by atoms with Crippen molar-refractivity contribution in [3.8, 4) is 0 Å².